The zero-order valence-corrected chi connectivity index (χ0v) is 12.6. The van der Waals surface area contributed by atoms with Gasteiger partial charge in [-0.2, -0.15) is 0 Å². The molecule has 0 saturated carbocycles. The summed E-state index contributed by atoms with van der Waals surface area (Å²) < 4.78 is 0. The minimum atomic E-state index is 0.217. The Kier molecular flexibility index (Phi) is 3.55. The molecule has 0 aliphatic carbocycles. The fraction of sp³-hybridized carbons (Fsp3) is 0.588. The van der Waals surface area contributed by atoms with Gasteiger partial charge in [0.2, 0.25) is 0 Å². The molecule has 2 heterocycles. The molecular weight excluding hydrogens is 248 g/mol. The molecule has 3 atom stereocenters. The van der Waals surface area contributed by atoms with E-state index in [9.17, 15) is 4.79 Å². The first kappa shape index (κ1) is 13.6. The summed E-state index contributed by atoms with van der Waals surface area (Å²) in [4.78, 5) is 14.9. The summed E-state index contributed by atoms with van der Waals surface area (Å²) in [5.74, 6) is 1.51. The maximum Gasteiger partial charge on any atom is 0.254 e. The Morgan fingerprint density at radius 3 is 2.80 bits per heavy atom. The number of fused-ring (bicyclic) bond motifs is 1. The van der Waals surface area contributed by atoms with Crippen molar-refractivity contribution < 1.29 is 4.79 Å². The van der Waals surface area contributed by atoms with Crippen molar-refractivity contribution in [3.8, 4) is 0 Å². The highest BCUT2D eigenvalue weighted by Gasteiger charge is 2.45. The number of hydrogen-bond acceptors (Lipinski definition) is 2. The van der Waals surface area contributed by atoms with Crippen LogP contribution in [0.2, 0.25) is 0 Å². The summed E-state index contributed by atoms with van der Waals surface area (Å²) >= 11 is 0. The molecule has 0 bridgehead atoms. The smallest absolute Gasteiger partial charge is 0.254 e. The highest BCUT2D eigenvalue weighted by atomic mass is 16.2. The lowest BCUT2D eigenvalue weighted by atomic mass is 9.93. The molecule has 2 aliphatic heterocycles. The summed E-state index contributed by atoms with van der Waals surface area (Å²) in [6.07, 6.45) is 1.05. The van der Waals surface area contributed by atoms with Crippen LogP contribution < -0.4 is 5.32 Å². The fourth-order valence-corrected chi connectivity index (χ4v) is 3.82. The molecule has 0 aromatic heterocycles. The van der Waals surface area contributed by atoms with E-state index in [1.807, 2.05) is 12.1 Å². The molecule has 1 aromatic rings. The Labute approximate surface area is 121 Å². The van der Waals surface area contributed by atoms with Crippen LogP contribution in [0.5, 0.6) is 0 Å². The van der Waals surface area contributed by atoms with E-state index in [0.29, 0.717) is 17.9 Å². The molecule has 3 rings (SSSR count). The van der Waals surface area contributed by atoms with Crippen LogP contribution in [-0.4, -0.2) is 36.5 Å². The Hall–Kier alpha value is -1.35. The van der Waals surface area contributed by atoms with E-state index in [0.717, 1.165) is 31.6 Å². The predicted octanol–water partition coefficient (Wildman–Crippen LogP) is 2.37. The van der Waals surface area contributed by atoms with Gasteiger partial charge in [-0.05, 0) is 55.4 Å². The van der Waals surface area contributed by atoms with Gasteiger partial charge in [0.25, 0.3) is 5.91 Å². The molecule has 1 N–H and O–H groups in total. The number of benzene rings is 1. The van der Waals surface area contributed by atoms with E-state index in [1.54, 1.807) is 0 Å². The second kappa shape index (κ2) is 5.21. The minimum Gasteiger partial charge on any atom is -0.335 e. The summed E-state index contributed by atoms with van der Waals surface area (Å²) in [7, 11) is 0. The van der Waals surface area contributed by atoms with Gasteiger partial charge in [-0.15, -0.1) is 0 Å². The zero-order valence-electron chi connectivity index (χ0n) is 12.6. The van der Waals surface area contributed by atoms with Crippen molar-refractivity contribution in [2.45, 2.75) is 33.2 Å². The number of nitrogens with one attached hydrogen (secondary N) is 1. The van der Waals surface area contributed by atoms with E-state index in [4.69, 9.17) is 0 Å². The Balaban J connectivity index is 1.84. The number of hydrogen-bond donors (Lipinski definition) is 1. The number of nitrogens with zero attached hydrogens (tertiary/aromatic N) is 1. The lowest BCUT2D eigenvalue weighted by Gasteiger charge is -2.27. The van der Waals surface area contributed by atoms with Gasteiger partial charge in [0, 0.05) is 31.2 Å². The topological polar surface area (TPSA) is 32.3 Å². The first-order chi connectivity index (χ1) is 9.61. The van der Waals surface area contributed by atoms with Gasteiger partial charge in [-0.1, -0.05) is 13.0 Å². The average molecular weight is 272 g/mol. The van der Waals surface area contributed by atoms with Crippen molar-refractivity contribution in [3.05, 3.63) is 34.9 Å². The normalized spacial score (nSPS) is 28.8. The van der Waals surface area contributed by atoms with Crippen LogP contribution in [0.4, 0.5) is 0 Å². The Morgan fingerprint density at radius 1 is 1.30 bits per heavy atom. The first-order valence-corrected chi connectivity index (χ1v) is 7.70. The maximum atomic E-state index is 12.8. The molecule has 20 heavy (non-hydrogen) atoms. The molecule has 1 amide bonds. The average Bonchev–Trinajstić information content (AvgIpc) is 3.01. The molecule has 2 fully saturated rings. The summed E-state index contributed by atoms with van der Waals surface area (Å²) in [6.45, 7) is 9.42. The molecule has 2 saturated heterocycles. The van der Waals surface area contributed by atoms with E-state index in [-0.39, 0.29) is 5.91 Å². The standard InChI is InChI=1S/C17H24N2O/c1-4-16-15-9-18-8-14(15)10-19(16)17(20)13-6-5-11(2)12(3)7-13/h5-7,14-16,18H,4,8-10H2,1-3H3. The van der Waals surface area contributed by atoms with Gasteiger partial charge in [0.15, 0.2) is 0 Å². The van der Waals surface area contributed by atoms with Crippen LogP contribution in [-0.2, 0) is 0 Å². The van der Waals surface area contributed by atoms with E-state index in [2.05, 4.69) is 37.1 Å². The van der Waals surface area contributed by atoms with Crippen molar-refractivity contribution in [3.63, 3.8) is 0 Å². The third kappa shape index (κ3) is 2.14. The molecular formula is C17H24N2O. The number of amides is 1. The molecule has 3 heteroatoms. The largest absolute Gasteiger partial charge is 0.335 e. The van der Waals surface area contributed by atoms with Gasteiger partial charge in [0.1, 0.15) is 0 Å². The molecule has 108 valence electrons. The second-order valence-electron chi connectivity index (χ2n) is 6.31. The van der Waals surface area contributed by atoms with Crippen molar-refractivity contribution >= 4 is 5.91 Å². The quantitative estimate of drug-likeness (QED) is 0.896. The maximum absolute atomic E-state index is 12.8. The van der Waals surface area contributed by atoms with Gasteiger partial charge < -0.3 is 10.2 Å². The lowest BCUT2D eigenvalue weighted by Crippen LogP contribution is -2.39. The van der Waals surface area contributed by atoms with Crippen LogP contribution >= 0.6 is 0 Å². The van der Waals surface area contributed by atoms with Crippen molar-refractivity contribution in [1.82, 2.24) is 10.2 Å². The second-order valence-corrected chi connectivity index (χ2v) is 6.31. The summed E-state index contributed by atoms with van der Waals surface area (Å²) in [6, 6.07) is 6.48. The van der Waals surface area contributed by atoms with Crippen LogP contribution in [0.25, 0.3) is 0 Å². The number of likely N-dealkylation sites (tertiary alicyclic amines) is 1. The first-order valence-electron chi connectivity index (χ1n) is 7.70. The van der Waals surface area contributed by atoms with E-state index >= 15 is 0 Å². The molecule has 2 aliphatic rings. The fourth-order valence-electron chi connectivity index (χ4n) is 3.82. The Morgan fingerprint density at radius 2 is 2.10 bits per heavy atom. The summed E-state index contributed by atoms with van der Waals surface area (Å²) in [5.41, 5.74) is 3.29. The number of carbonyl (C=O) groups is 1. The number of rotatable bonds is 2. The van der Waals surface area contributed by atoms with Crippen LogP contribution in [0.3, 0.4) is 0 Å². The van der Waals surface area contributed by atoms with Crippen molar-refractivity contribution in [2.75, 3.05) is 19.6 Å². The van der Waals surface area contributed by atoms with Gasteiger partial charge in [-0.25, -0.2) is 0 Å². The summed E-state index contributed by atoms with van der Waals surface area (Å²) in [5, 5.41) is 3.47. The SMILES string of the molecule is CCC1C2CNCC2CN1C(=O)c1ccc(C)c(C)c1. The number of aryl methyl sites for hydroxylation is 2. The van der Waals surface area contributed by atoms with Gasteiger partial charge in [0.05, 0.1) is 0 Å². The molecule has 3 nitrogen and oxygen atoms in total. The molecule has 0 radical (unpaired) electrons. The lowest BCUT2D eigenvalue weighted by molar-refractivity contribution is 0.0711. The third-order valence-electron chi connectivity index (χ3n) is 5.15. The van der Waals surface area contributed by atoms with Crippen molar-refractivity contribution in [2.24, 2.45) is 11.8 Å². The van der Waals surface area contributed by atoms with Gasteiger partial charge >= 0.3 is 0 Å². The minimum absolute atomic E-state index is 0.217. The molecule has 1 aromatic carbocycles. The van der Waals surface area contributed by atoms with E-state index in [1.165, 1.54) is 11.1 Å². The van der Waals surface area contributed by atoms with Crippen molar-refractivity contribution in [1.29, 1.82) is 0 Å². The highest BCUT2D eigenvalue weighted by molar-refractivity contribution is 5.95. The zero-order chi connectivity index (χ0) is 14.3. The van der Waals surface area contributed by atoms with Gasteiger partial charge in [-0.3, -0.25) is 4.79 Å². The van der Waals surface area contributed by atoms with Crippen LogP contribution in [0.1, 0.15) is 34.8 Å². The Bertz CT molecular complexity index is 526. The molecule has 0 spiro atoms. The van der Waals surface area contributed by atoms with E-state index < -0.39 is 0 Å². The van der Waals surface area contributed by atoms with Crippen LogP contribution in [0, 0.1) is 25.7 Å². The number of carbonyl (C=O) groups excluding carboxylic acids is 1. The predicted molar refractivity (Wildman–Crippen MR) is 80.9 cm³/mol. The molecule has 3 unspecified atom stereocenters. The van der Waals surface area contributed by atoms with Crippen LogP contribution in [0.15, 0.2) is 18.2 Å². The highest BCUT2D eigenvalue weighted by Crippen LogP contribution is 2.35. The monoisotopic (exact) mass is 272 g/mol. The third-order valence-corrected chi connectivity index (χ3v) is 5.15.